The Kier molecular flexibility index (Phi) is 53.8. The summed E-state index contributed by atoms with van der Waals surface area (Å²) >= 11 is 0. The van der Waals surface area contributed by atoms with Crippen molar-refractivity contribution in [2.75, 3.05) is 26.4 Å². The topological polar surface area (TPSA) is 220 Å². The van der Waals surface area contributed by atoms with E-state index >= 15 is 0 Å². The summed E-state index contributed by atoms with van der Waals surface area (Å²) in [6.45, 7) is 7.04. The number of ether oxygens (including phenoxy) is 4. The van der Waals surface area contributed by atoms with Crippen molar-refractivity contribution in [2.45, 2.75) is 308 Å². The summed E-state index contributed by atoms with van der Waals surface area (Å²) in [7, 11) is -9.15. The second-order valence-corrected chi connectivity index (χ2v) is 26.3. The summed E-state index contributed by atoms with van der Waals surface area (Å²) in [5.74, 6) is -2.96. The molecule has 0 saturated heterocycles. The molecule has 0 saturated carbocycles. The quantitative estimate of drug-likeness (QED) is 0.0198. The average Bonchev–Trinajstić information content (AvgIpc) is 3.43. The maximum atomic E-state index is 12.5. The van der Waals surface area contributed by atoms with Crippen LogP contribution in [0.4, 0.5) is 0 Å². The van der Waals surface area contributed by atoms with E-state index in [4.69, 9.17) is 18.9 Å². The zero-order chi connectivity index (χ0) is 61.8. The fourth-order valence-electron chi connectivity index (χ4n) is 10.2. The van der Waals surface area contributed by atoms with Gasteiger partial charge in [0.05, 0.1) is 46.0 Å². The Labute approximate surface area is 546 Å². The Hall–Kier alpha value is -2.60. The first-order valence-electron chi connectivity index (χ1n) is 33.4. The van der Waals surface area contributed by atoms with Gasteiger partial charge in [-0.1, -0.05) is 296 Å². The monoisotopic (exact) mass is 1260 g/mol. The zero-order valence-electron chi connectivity index (χ0n) is 53.5. The van der Waals surface area contributed by atoms with Crippen molar-refractivity contribution in [1.29, 1.82) is 0 Å². The van der Waals surface area contributed by atoms with Gasteiger partial charge in [-0.25, -0.2) is 36.0 Å². The normalized spacial score (nSPS) is 12.1. The molecule has 14 nitrogen and oxygen atoms in total. The van der Waals surface area contributed by atoms with E-state index in [2.05, 4.69) is 13.8 Å². The van der Waals surface area contributed by atoms with Crippen molar-refractivity contribution in [1.82, 2.24) is 0 Å². The molecule has 0 amide bonds. The van der Waals surface area contributed by atoms with E-state index < -0.39 is 67.8 Å². The van der Waals surface area contributed by atoms with Crippen LogP contribution >= 0.6 is 0 Å². The molecule has 0 aliphatic heterocycles. The minimum absolute atomic E-state index is 0. The SMILES string of the molecule is CCCCCCCCCCCCCCCCCCCCCCOC(=O)c1ccccc1C(=O)OCC(CC)S(=O)(=O)[O-].CCCCCCCCCCCCCCCCCCCCCCOC(=O)c1ccccc1C(=O)OCC(CC)S(=O)(=O)[O-].[Ca+2]. The first-order chi connectivity index (χ1) is 40.6. The molecule has 2 atom stereocenters. The average molecular weight is 1260 g/mol. The van der Waals surface area contributed by atoms with Crippen LogP contribution in [-0.2, 0) is 39.2 Å². The summed E-state index contributed by atoms with van der Waals surface area (Å²) in [5, 5.41) is -2.64. The Morgan fingerprint density at radius 3 is 0.671 bits per heavy atom. The van der Waals surface area contributed by atoms with Crippen molar-refractivity contribution >= 4 is 81.9 Å². The Morgan fingerprint density at radius 2 is 0.494 bits per heavy atom. The molecule has 484 valence electrons. The van der Waals surface area contributed by atoms with Gasteiger partial charge in [0.2, 0.25) is 0 Å². The third kappa shape index (κ3) is 44.5. The van der Waals surface area contributed by atoms with E-state index in [0.717, 1.165) is 38.5 Å². The van der Waals surface area contributed by atoms with Crippen LogP contribution in [0.3, 0.4) is 0 Å². The molecule has 0 heterocycles. The van der Waals surface area contributed by atoms with Crippen molar-refractivity contribution in [2.24, 2.45) is 0 Å². The summed E-state index contributed by atoms with van der Waals surface area (Å²) < 4.78 is 88.1. The van der Waals surface area contributed by atoms with Gasteiger partial charge in [0.15, 0.2) is 0 Å². The van der Waals surface area contributed by atoms with Crippen LogP contribution in [0.1, 0.15) is 339 Å². The van der Waals surface area contributed by atoms with Gasteiger partial charge in [0.25, 0.3) is 0 Å². The number of hydrogen-bond donors (Lipinski definition) is 0. The number of carbonyl (C=O) groups excluding carboxylic acids is 4. The van der Waals surface area contributed by atoms with Crippen LogP contribution in [0.2, 0.25) is 0 Å². The van der Waals surface area contributed by atoms with Gasteiger partial charge in [0, 0.05) is 0 Å². The van der Waals surface area contributed by atoms with Crippen LogP contribution in [0.15, 0.2) is 48.5 Å². The summed E-state index contributed by atoms with van der Waals surface area (Å²) in [6, 6.07) is 12.2. The standard InChI is InChI=1S/2C34H58O7S.Ca/c2*1-3-5-6-7-8-9-10-11-12-13-14-15-16-17-18-19-20-21-22-25-28-40-33(35)31-26-23-24-27-32(31)34(36)41-29-30(4-2)42(37,38)39;/h2*23-24,26-27,30H,3-22,25,28-29H2,1-2H3,(H,37,38,39);/q;;+2/p-2. The predicted octanol–water partition coefficient (Wildman–Crippen LogP) is 17.9. The predicted molar refractivity (Wildman–Crippen MR) is 343 cm³/mol. The van der Waals surface area contributed by atoms with Crippen molar-refractivity contribution < 1.29 is 64.1 Å². The van der Waals surface area contributed by atoms with E-state index in [9.17, 15) is 45.1 Å². The van der Waals surface area contributed by atoms with Crippen LogP contribution in [-0.4, -0.2) is 124 Å². The van der Waals surface area contributed by atoms with Gasteiger partial charge < -0.3 is 28.1 Å². The molecule has 0 aromatic heterocycles. The molecular weight excluding hydrogens is 1140 g/mol. The molecule has 2 rings (SSSR count). The Morgan fingerprint density at radius 1 is 0.318 bits per heavy atom. The third-order valence-electron chi connectivity index (χ3n) is 15.7. The van der Waals surface area contributed by atoms with Crippen molar-refractivity contribution in [3.05, 3.63) is 70.8 Å². The number of benzene rings is 2. The van der Waals surface area contributed by atoms with Gasteiger partial charge in [-0.15, -0.1) is 0 Å². The zero-order valence-corrected chi connectivity index (χ0v) is 57.4. The van der Waals surface area contributed by atoms with Crippen LogP contribution in [0.25, 0.3) is 0 Å². The second-order valence-electron chi connectivity index (χ2n) is 23.0. The van der Waals surface area contributed by atoms with Gasteiger partial charge in [-0.05, 0) is 49.9 Å². The molecule has 0 aliphatic rings. The number of esters is 4. The van der Waals surface area contributed by atoms with Crippen LogP contribution < -0.4 is 0 Å². The van der Waals surface area contributed by atoms with Gasteiger partial charge in [-0.3, -0.25) is 0 Å². The fourth-order valence-corrected chi connectivity index (χ4v) is 11.5. The van der Waals surface area contributed by atoms with E-state index in [1.54, 1.807) is 24.3 Å². The van der Waals surface area contributed by atoms with Crippen molar-refractivity contribution in [3.63, 3.8) is 0 Å². The van der Waals surface area contributed by atoms with Gasteiger partial charge in [-0.2, -0.15) is 0 Å². The van der Waals surface area contributed by atoms with Crippen LogP contribution in [0.5, 0.6) is 0 Å². The molecular formula is C68H114CaO14S2. The Bertz CT molecular complexity index is 2050. The molecule has 85 heavy (non-hydrogen) atoms. The maximum absolute atomic E-state index is 12.5. The molecule has 2 unspecified atom stereocenters. The van der Waals surface area contributed by atoms with E-state index in [1.165, 1.54) is 256 Å². The first kappa shape index (κ1) is 82.4. The minimum Gasteiger partial charge on any atom is -0.748 e. The maximum Gasteiger partial charge on any atom is 2.00 e. The number of rotatable bonds is 54. The largest absolute Gasteiger partial charge is 2.00 e. The second kappa shape index (κ2) is 55.5. The molecule has 2 aromatic carbocycles. The van der Waals surface area contributed by atoms with E-state index in [1.807, 2.05) is 0 Å². The number of carbonyl (C=O) groups is 4. The Balaban J connectivity index is 0.00000164. The molecule has 0 N–H and O–H groups in total. The van der Waals surface area contributed by atoms with Crippen LogP contribution in [0, 0.1) is 0 Å². The molecule has 0 aliphatic carbocycles. The molecule has 0 fully saturated rings. The molecule has 0 radical (unpaired) electrons. The van der Waals surface area contributed by atoms with E-state index in [0.29, 0.717) is 0 Å². The smallest absolute Gasteiger partial charge is 0.748 e. The molecule has 0 bridgehead atoms. The van der Waals surface area contributed by atoms with Crippen molar-refractivity contribution in [3.8, 4) is 0 Å². The number of hydrogen-bond acceptors (Lipinski definition) is 14. The van der Waals surface area contributed by atoms with E-state index in [-0.39, 0.29) is 86.0 Å². The summed E-state index contributed by atoms with van der Waals surface area (Å²) in [4.78, 5) is 50.0. The molecule has 2 aromatic rings. The number of unbranched alkanes of at least 4 members (excludes halogenated alkanes) is 38. The summed E-state index contributed by atoms with van der Waals surface area (Å²) in [6.07, 6.45) is 52.1. The fraction of sp³-hybridized carbons (Fsp3) is 0.765. The molecule has 0 spiro atoms. The first-order valence-corrected chi connectivity index (χ1v) is 36.3. The molecule has 17 heteroatoms. The van der Waals surface area contributed by atoms with Gasteiger partial charge >= 0.3 is 61.6 Å². The minimum atomic E-state index is -4.58. The summed E-state index contributed by atoms with van der Waals surface area (Å²) in [5.41, 5.74) is 0.107. The third-order valence-corrected chi connectivity index (χ3v) is 18.3. The van der Waals surface area contributed by atoms with Gasteiger partial charge in [0.1, 0.15) is 33.5 Å².